The molecule has 6 heteroatoms. The standard InChI is InChI=1S/C18H25N3O3/c1-24-12-17(23)21-9-6-18(14-21)5-3-8-20(13-18)16(22)10-15-4-2-7-19-11-15/h2,4,7,11H,3,5-6,8-10,12-14H2,1H3. The molecule has 3 heterocycles. The maximum Gasteiger partial charge on any atom is 0.248 e. The number of pyridine rings is 1. The Morgan fingerprint density at radius 2 is 2.00 bits per heavy atom. The molecule has 130 valence electrons. The Labute approximate surface area is 142 Å². The number of nitrogens with zero attached hydrogens (tertiary/aromatic N) is 3. The molecule has 1 unspecified atom stereocenters. The molecule has 24 heavy (non-hydrogen) atoms. The van der Waals surface area contributed by atoms with E-state index in [1.54, 1.807) is 19.5 Å². The van der Waals surface area contributed by atoms with Gasteiger partial charge in [0.2, 0.25) is 11.8 Å². The smallest absolute Gasteiger partial charge is 0.248 e. The summed E-state index contributed by atoms with van der Waals surface area (Å²) in [5.74, 6) is 0.205. The lowest BCUT2D eigenvalue weighted by atomic mass is 9.79. The summed E-state index contributed by atoms with van der Waals surface area (Å²) in [4.78, 5) is 32.6. The minimum atomic E-state index is 0.0492. The van der Waals surface area contributed by atoms with Gasteiger partial charge in [0.25, 0.3) is 0 Å². The van der Waals surface area contributed by atoms with Gasteiger partial charge in [0.15, 0.2) is 0 Å². The number of amides is 2. The van der Waals surface area contributed by atoms with E-state index in [-0.39, 0.29) is 23.8 Å². The van der Waals surface area contributed by atoms with Crippen LogP contribution < -0.4 is 0 Å². The zero-order valence-electron chi connectivity index (χ0n) is 14.2. The van der Waals surface area contributed by atoms with Gasteiger partial charge in [-0.2, -0.15) is 0 Å². The van der Waals surface area contributed by atoms with Crippen molar-refractivity contribution in [1.82, 2.24) is 14.8 Å². The van der Waals surface area contributed by atoms with Crippen molar-refractivity contribution in [1.29, 1.82) is 0 Å². The normalized spacial score (nSPS) is 23.7. The molecule has 3 rings (SSSR count). The molecule has 6 nitrogen and oxygen atoms in total. The predicted molar refractivity (Wildman–Crippen MR) is 89.3 cm³/mol. The van der Waals surface area contributed by atoms with Gasteiger partial charge >= 0.3 is 0 Å². The van der Waals surface area contributed by atoms with E-state index in [1.807, 2.05) is 21.9 Å². The molecule has 2 aliphatic rings. The molecule has 2 amide bonds. The molecular weight excluding hydrogens is 306 g/mol. The third-order valence-electron chi connectivity index (χ3n) is 5.15. The first kappa shape index (κ1) is 16.9. The number of hydrogen-bond acceptors (Lipinski definition) is 4. The zero-order chi connectivity index (χ0) is 17.0. The molecule has 0 bridgehead atoms. The third kappa shape index (κ3) is 3.75. The fourth-order valence-electron chi connectivity index (χ4n) is 3.91. The molecule has 1 aromatic rings. The van der Waals surface area contributed by atoms with Gasteiger partial charge < -0.3 is 14.5 Å². The molecular formula is C18H25N3O3. The molecule has 0 radical (unpaired) electrons. The Bertz CT molecular complexity index is 592. The number of aromatic nitrogens is 1. The van der Waals surface area contributed by atoms with Crippen LogP contribution in [0.3, 0.4) is 0 Å². The summed E-state index contributed by atoms with van der Waals surface area (Å²) in [7, 11) is 1.54. The Kier molecular flexibility index (Phi) is 5.14. The largest absolute Gasteiger partial charge is 0.375 e. The highest BCUT2D eigenvalue weighted by Crippen LogP contribution is 2.39. The van der Waals surface area contributed by atoms with Crippen molar-refractivity contribution in [2.45, 2.75) is 25.7 Å². The van der Waals surface area contributed by atoms with Crippen LogP contribution in [0.1, 0.15) is 24.8 Å². The number of carbonyl (C=O) groups is 2. The molecule has 2 fully saturated rings. The van der Waals surface area contributed by atoms with Crippen LogP contribution in [0.2, 0.25) is 0 Å². The van der Waals surface area contributed by atoms with E-state index in [0.717, 1.165) is 51.0 Å². The summed E-state index contributed by atoms with van der Waals surface area (Å²) >= 11 is 0. The number of piperidine rings is 1. The van der Waals surface area contributed by atoms with Crippen LogP contribution in [0.4, 0.5) is 0 Å². The number of carbonyl (C=O) groups excluding carboxylic acids is 2. The average Bonchev–Trinajstić information content (AvgIpc) is 2.99. The molecule has 2 saturated heterocycles. The lowest BCUT2D eigenvalue weighted by Crippen LogP contribution is -2.48. The molecule has 2 aliphatic heterocycles. The summed E-state index contributed by atoms with van der Waals surface area (Å²) in [6, 6.07) is 3.79. The van der Waals surface area contributed by atoms with Crippen LogP contribution >= 0.6 is 0 Å². The second kappa shape index (κ2) is 7.30. The zero-order valence-corrected chi connectivity index (χ0v) is 14.2. The molecule has 1 spiro atoms. The number of likely N-dealkylation sites (tertiary alicyclic amines) is 2. The van der Waals surface area contributed by atoms with Gasteiger partial charge in [-0.05, 0) is 30.9 Å². The summed E-state index contributed by atoms with van der Waals surface area (Å²) in [5.41, 5.74) is 1.01. The van der Waals surface area contributed by atoms with Crippen molar-refractivity contribution in [3.63, 3.8) is 0 Å². The van der Waals surface area contributed by atoms with Crippen LogP contribution in [0.15, 0.2) is 24.5 Å². The van der Waals surface area contributed by atoms with Gasteiger partial charge in [-0.1, -0.05) is 6.07 Å². The Hall–Kier alpha value is -1.95. The van der Waals surface area contributed by atoms with Crippen molar-refractivity contribution in [2.24, 2.45) is 5.41 Å². The second-order valence-corrected chi connectivity index (χ2v) is 6.96. The van der Waals surface area contributed by atoms with Crippen LogP contribution in [-0.4, -0.2) is 66.5 Å². The first-order valence-electron chi connectivity index (χ1n) is 8.55. The fraction of sp³-hybridized carbons (Fsp3) is 0.611. The highest BCUT2D eigenvalue weighted by molar-refractivity contribution is 5.79. The molecule has 0 saturated carbocycles. The van der Waals surface area contributed by atoms with Gasteiger partial charge in [-0.25, -0.2) is 0 Å². The minimum Gasteiger partial charge on any atom is -0.375 e. The minimum absolute atomic E-state index is 0.0492. The van der Waals surface area contributed by atoms with Crippen LogP contribution in [0.5, 0.6) is 0 Å². The van der Waals surface area contributed by atoms with Gasteiger partial charge in [-0.15, -0.1) is 0 Å². The number of rotatable bonds is 4. The predicted octanol–water partition coefficient (Wildman–Crippen LogP) is 1.11. The van der Waals surface area contributed by atoms with E-state index in [1.165, 1.54) is 0 Å². The summed E-state index contributed by atoms with van der Waals surface area (Å²) in [6.07, 6.45) is 6.92. The first-order valence-corrected chi connectivity index (χ1v) is 8.55. The van der Waals surface area contributed by atoms with Gasteiger partial charge in [0.05, 0.1) is 6.42 Å². The fourth-order valence-corrected chi connectivity index (χ4v) is 3.91. The van der Waals surface area contributed by atoms with Crippen LogP contribution in [0, 0.1) is 5.41 Å². The van der Waals surface area contributed by atoms with Crippen molar-refractivity contribution in [3.05, 3.63) is 30.1 Å². The molecule has 0 N–H and O–H groups in total. The quantitative estimate of drug-likeness (QED) is 0.829. The molecule has 0 aromatic carbocycles. The highest BCUT2D eigenvalue weighted by atomic mass is 16.5. The van der Waals surface area contributed by atoms with Gasteiger partial charge in [-0.3, -0.25) is 14.6 Å². The maximum absolute atomic E-state index is 12.6. The molecule has 0 aliphatic carbocycles. The SMILES string of the molecule is COCC(=O)N1CCC2(CCCN(C(=O)Cc3cccnc3)C2)C1. The summed E-state index contributed by atoms with van der Waals surface area (Å²) < 4.78 is 4.96. The summed E-state index contributed by atoms with van der Waals surface area (Å²) in [6.45, 7) is 3.22. The van der Waals surface area contributed by atoms with Gasteiger partial charge in [0.1, 0.15) is 6.61 Å². The lowest BCUT2D eigenvalue weighted by Gasteiger charge is -2.40. The Balaban J connectivity index is 1.60. The Morgan fingerprint density at radius 3 is 2.71 bits per heavy atom. The van der Waals surface area contributed by atoms with E-state index in [9.17, 15) is 9.59 Å². The second-order valence-electron chi connectivity index (χ2n) is 6.96. The highest BCUT2D eigenvalue weighted by Gasteiger charge is 2.43. The van der Waals surface area contributed by atoms with Gasteiger partial charge in [0, 0.05) is 51.1 Å². The third-order valence-corrected chi connectivity index (χ3v) is 5.15. The first-order chi connectivity index (χ1) is 11.6. The van der Waals surface area contributed by atoms with E-state index >= 15 is 0 Å². The Morgan fingerprint density at radius 1 is 1.21 bits per heavy atom. The van der Waals surface area contributed by atoms with E-state index in [0.29, 0.717) is 6.42 Å². The molecule has 1 aromatic heterocycles. The van der Waals surface area contributed by atoms with Crippen molar-refractivity contribution in [2.75, 3.05) is 39.9 Å². The monoisotopic (exact) mass is 331 g/mol. The number of ether oxygens (including phenoxy) is 1. The number of hydrogen-bond donors (Lipinski definition) is 0. The van der Waals surface area contributed by atoms with Crippen molar-refractivity contribution in [3.8, 4) is 0 Å². The van der Waals surface area contributed by atoms with E-state index < -0.39 is 0 Å². The topological polar surface area (TPSA) is 62.7 Å². The van der Waals surface area contributed by atoms with Crippen molar-refractivity contribution < 1.29 is 14.3 Å². The lowest BCUT2D eigenvalue weighted by molar-refractivity contribution is -0.135. The molecule has 1 atom stereocenters. The van der Waals surface area contributed by atoms with E-state index in [2.05, 4.69) is 4.98 Å². The van der Waals surface area contributed by atoms with Crippen molar-refractivity contribution >= 4 is 11.8 Å². The van der Waals surface area contributed by atoms with Crippen LogP contribution in [0.25, 0.3) is 0 Å². The number of methoxy groups -OCH3 is 1. The summed E-state index contributed by atoms with van der Waals surface area (Å²) in [5, 5.41) is 0. The maximum atomic E-state index is 12.6. The van der Waals surface area contributed by atoms with E-state index in [4.69, 9.17) is 4.74 Å². The average molecular weight is 331 g/mol. The van der Waals surface area contributed by atoms with Crippen LogP contribution in [-0.2, 0) is 20.7 Å².